The summed E-state index contributed by atoms with van der Waals surface area (Å²) in [5.74, 6) is 0.0551. The van der Waals surface area contributed by atoms with Crippen LogP contribution in [-0.2, 0) is 21.2 Å². The highest BCUT2D eigenvalue weighted by Gasteiger charge is 2.31. The Morgan fingerprint density at radius 1 is 0.806 bits per heavy atom. The first-order chi connectivity index (χ1) is 15.0. The van der Waals surface area contributed by atoms with E-state index in [1.807, 2.05) is 42.5 Å². The van der Waals surface area contributed by atoms with Crippen LogP contribution in [-0.4, -0.2) is 62.8 Å². The average molecular weight is 436 g/mol. The number of anilines is 1. The summed E-state index contributed by atoms with van der Waals surface area (Å²) in [6, 6.07) is 21.2. The number of fused-ring (bicyclic) bond motifs is 2. The van der Waals surface area contributed by atoms with E-state index in [1.54, 1.807) is 17.0 Å². The number of para-hydroxylation sites is 1. The number of hydrogen-bond acceptors (Lipinski definition) is 4. The van der Waals surface area contributed by atoms with E-state index in [9.17, 15) is 13.2 Å². The molecule has 0 unspecified atom stereocenters. The quantitative estimate of drug-likeness (QED) is 0.632. The Labute approximate surface area is 182 Å². The van der Waals surface area contributed by atoms with E-state index >= 15 is 0 Å². The third-order valence-corrected chi connectivity index (χ3v) is 8.15. The van der Waals surface area contributed by atoms with Gasteiger partial charge in [0.25, 0.3) is 0 Å². The zero-order valence-electron chi connectivity index (χ0n) is 17.3. The van der Waals surface area contributed by atoms with Crippen molar-refractivity contribution in [3.63, 3.8) is 0 Å². The van der Waals surface area contributed by atoms with Crippen molar-refractivity contribution in [2.45, 2.75) is 11.3 Å². The Morgan fingerprint density at radius 3 is 2.32 bits per heavy atom. The minimum absolute atomic E-state index is 0.0551. The minimum atomic E-state index is -3.58. The molecule has 6 nitrogen and oxygen atoms in total. The monoisotopic (exact) mass is 435 g/mol. The lowest BCUT2D eigenvalue weighted by atomic mass is 10.1. The highest BCUT2D eigenvalue weighted by molar-refractivity contribution is 7.89. The van der Waals surface area contributed by atoms with Gasteiger partial charge in [-0.3, -0.25) is 4.79 Å². The largest absolute Gasteiger partial charge is 0.362 e. The van der Waals surface area contributed by atoms with Gasteiger partial charge in [0.1, 0.15) is 0 Å². The summed E-state index contributed by atoms with van der Waals surface area (Å²) in [5.41, 5.74) is 2.41. The number of rotatable bonds is 4. The SMILES string of the molecule is O=C(CN1CCc2ccccc21)N1CCN(S(=O)(=O)c2ccc3ccccc3c2)CC1. The van der Waals surface area contributed by atoms with Crippen LogP contribution < -0.4 is 4.90 Å². The molecule has 2 aliphatic rings. The van der Waals surface area contributed by atoms with Gasteiger partial charge in [-0.2, -0.15) is 4.31 Å². The first-order valence-electron chi connectivity index (χ1n) is 10.6. The highest BCUT2D eigenvalue weighted by atomic mass is 32.2. The maximum absolute atomic E-state index is 13.1. The van der Waals surface area contributed by atoms with Gasteiger partial charge in [-0.05, 0) is 41.0 Å². The van der Waals surface area contributed by atoms with Crippen LogP contribution in [0.25, 0.3) is 10.8 Å². The number of hydrogen-bond donors (Lipinski definition) is 0. The number of carbonyl (C=O) groups excluding carboxylic acids is 1. The molecule has 0 aliphatic carbocycles. The molecule has 2 heterocycles. The summed E-state index contributed by atoms with van der Waals surface area (Å²) in [6.07, 6.45) is 0.960. The molecule has 3 aromatic carbocycles. The summed E-state index contributed by atoms with van der Waals surface area (Å²) in [4.78, 5) is 17.1. The number of nitrogens with zero attached hydrogens (tertiary/aromatic N) is 3. The molecule has 1 fully saturated rings. The number of benzene rings is 3. The lowest BCUT2D eigenvalue weighted by molar-refractivity contribution is -0.130. The van der Waals surface area contributed by atoms with Crippen LogP contribution in [0.4, 0.5) is 5.69 Å². The van der Waals surface area contributed by atoms with Gasteiger partial charge in [0.05, 0.1) is 11.4 Å². The van der Waals surface area contributed by atoms with E-state index in [0.29, 0.717) is 37.6 Å². The van der Waals surface area contributed by atoms with Crippen LogP contribution in [0.1, 0.15) is 5.56 Å². The predicted molar refractivity (Wildman–Crippen MR) is 122 cm³/mol. The molecule has 1 saturated heterocycles. The topological polar surface area (TPSA) is 60.9 Å². The Kier molecular flexibility index (Phi) is 5.16. The highest BCUT2D eigenvalue weighted by Crippen LogP contribution is 2.27. The fourth-order valence-electron chi connectivity index (χ4n) is 4.49. The van der Waals surface area contributed by atoms with Gasteiger partial charge in [0.2, 0.25) is 15.9 Å². The van der Waals surface area contributed by atoms with Crippen molar-refractivity contribution < 1.29 is 13.2 Å². The van der Waals surface area contributed by atoms with Crippen molar-refractivity contribution in [1.29, 1.82) is 0 Å². The van der Waals surface area contributed by atoms with Crippen molar-refractivity contribution in [2.24, 2.45) is 0 Å². The lowest BCUT2D eigenvalue weighted by Gasteiger charge is -2.35. The Morgan fingerprint density at radius 2 is 1.52 bits per heavy atom. The molecule has 31 heavy (non-hydrogen) atoms. The maximum Gasteiger partial charge on any atom is 0.243 e. The van der Waals surface area contributed by atoms with Gasteiger partial charge in [-0.25, -0.2) is 8.42 Å². The zero-order valence-corrected chi connectivity index (χ0v) is 18.1. The van der Waals surface area contributed by atoms with Crippen molar-refractivity contribution in [1.82, 2.24) is 9.21 Å². The standard InChI is InChI=1S/C24H25N3O3S/c28-24(18-26-12-11-20-6-3-4-8-23(20)26)25-13-15-27(16-14-25)31(29,30)22-10-9-19-5-1-2-7-21(19)17-22/h1-10,17H,11-16,18H2. The number of amides is 1. The minimum Gasteiger partial charge on any atom is -0.362 e. The van der Waals surface area contributed by atoms with Gasteiger partial charge < -0.3 is 9.80 Å². The number of piperazine rings is 1. The van der Waals surface area contributed by atoms with Gasteiger partial charge in [0.15, 0.2) is 0 Å². The van der Waals surface area contributed by atoms with E-state index in [4.69, 9.17) is 0 Å². The van der Waals surface area contributed by atoms with Crippen molar-refractivity contribution in [3.05, 3.63) is 72.3 Å². The van der Waals surface area contributed by atoms with Gasteiger partial charge in [0, 0.05) is 38.4 Å². The fourth-order valence-corrected chi connectivity index (χ4v) is 5.95. The van der Waals surface area contributed by atoms with Crippen molar-refractivity contribution >= 4 is 32.4 Å². The first-order valence-corrected chi connectivity index (χ1v) is 12.1. The second-order valence-electron chi connectivity index (χ2n) is 8.09. The number of sulfonamides is 1. The van der Waals surface area contributed by atoms with E-state index in [0.717, 1.165) is 29.4 Å². The predicted octanol–water partition coefficient (Wildman–Crippen LogP) is 2.74. The van der Waals surface area contributed by atoms with Gasteiger partial charge in [-0.1, -0.05) is 48.5 Å². The molecule has 1 amide bonds. The summed E-state index contributed by atoms with van der Waals surface area (Å²) in [5, 5.41) is 1.92. The first kappa shape index (κ1) is 20.0. The molecular formula is C24H25N3O3S. The fraction of sp³-hybridized carbons (Fsp3) is 0.292. The Balaban J connectivity index is 1.24. The Hall–Kier alpha value is -2.90. The van der Waals surface area contributed by atoms with E-state index in [2.05, 4.69) is 17.0 Å². The Bertz CT molecular complexity index is 1230. The van der Waals surface area contributed by atoms with Crippen LogP contribution in [0.2, 0.25) is 0 Å². The molecular weight excluding hydrogens is 410 g/mol. The van der Waals surface area contributed by atoms with Crippen LogP contribution in [0.15, 0.2) is 71.6 Å². The molecule has 0 radical (unpaired) electrons. The average Bonchev–Trinajstić information content (AvgIpc) is 3.21. The van der Waals surface area contributed by atoms with Crippen molar-refractivity contribution in [2.75, 3.05) is 44.2 Å². The molecule has 0 bridgehead atoms. The van der Waals surface area contributed by atoms with Crippen molar-refractivity contribution in [3.8, 4) is 0 Å². The second kappa shape index (κ2) is 7.98. The van der Waals surface area contributed by atoms with E-state index in [1.165, 1.54) is 9.87 Å². The summed E-state index contributed by atoms with van der Waals surface area (Å²) < 4.78 is 27.8. The molecule has 5 rings (SSSR count). The molecule has 0 saturated carbocycles. The normalized spacial score (nSPS) is 17.2. The zero-order chi connectivity index (χ0) is 21.4. The summed E-state index contributed by atoms with van der Waals surface area (Å²) >= 11 is 0. The molecule has 2 aliphatic heterocycles. The maximum atomic E-state index is 13.1. The third-order valence-electron chi connectivity index (χ3n) is 6.26. The molecule has 3 aromatic rings. The summed E-state index contributed by atoms with van der Waals surface area (Å²) in [7, 11) is -3.58. The smallest absolute Gasteiger partial charge is 0.243 e. The van der Waals surface area contributed by atoms with Crippen LogP contribution in [0.5, 0.6) is 0 Å². The molecule has 160 valence electrons. The molecule has 0 spiro atoms. The van der Waals surface area contributed by atoms with Crippen LogP contribution in [0, 0.1) is 0 Å². The van der Waals surface area contributed by atoms with Crippen LogP contribution in [0.3, 0.4) is 0 Å². The lowest BCUT2D eigenvalue weighted by Crippen LogP contribution is -2.52. The molecule has 7 heteroatoms. The number of carbonyl (C=O) groups is 1. The second-order valence-corrected chi connectivity index (χ2v) is 10.0. The van der Waals surface area contributed by atoms with E-state index in [-0.39, 0.29) is 5.91 Å². The van der Waals surface area contributed by atoms with E-state index < -0.39 is 10.0 Å². The molecule has 0 aromatic heterocycles. The third kappa shape index (κ3) is 3.79. The van der Waals surface area contributed by atoms with Gasteiger partial charge >= 0.3 is 0 Å². The van der Waals surface area contributed by atoms with Gasteiger partial charge in [-0.15, -0.1) is 0 Å². The van der Waals surface area contributed by atoms with Crippen LogP contribution >= 0.6 is 0 Å². The molecule has 0 N–H and O–H groups in total. The summed E-state index contributed by atoms with van der Waals surface area (Å²) in [6.45, 7) is 2.66. The molecule has 0 atom stereocenters.